The van der Waals surface area contributed by atoms with Crippen LogP contribution in [0.4, 0.5) is 13.2 Å². The predicted octanol–water partition coefficient (Wildman–Crippen LogP) is 2.36. The average molecular weight is 412 g/mol. The molecule has 3 aliphatic rings. The first kappa shape index (κ1) is 20.4. The summed E-state index contributed by atoms with van der Waals surface area (Å²) in [5.74, 6) is -0.926. The fraction of sp³-hybridized carbons (Fsp3) is 0.700. The zero-order chi connectivity index (χ0) is 21.0. The monoisotopic (exact) mass is 412 g/mol. The molecule has 0 spiro atoms. The molecule has 6 nitrogen and oxygen atoms in total. The molecule has 9 heteroatoms. The van der Waals surface area contributed by atoms with Gasteiger partial charge in [-0.15, -0.1) is 0 Å². The van der Waals surface area contributed by atoms with Crippen molar-refractivity contribution in [3.63, 3.8) is 0 Å². The molecule has 0 bridgehead atoms. The number of nitrogens with two attached hydrogens (primary N) is 1. The van der Waals surface area contributed by atoms with E-state index in [0.717, 1.165) is 12.8 Å². The molecule has 2 aliphatic carbocycles. The van der Waals surface area contributed by atoms with Gasteiger partial charge in [0.05, 0.1) is 11.6 Å². The molecule has 0 radical (unpaired) electrons. The topological polar surface area (TPSA) is 84.1 Å². The third-order valence-electron chi connectivity index (χ3n) is 6.70. The molecule has 1 saturated heterocycles. The highest BCUT2D eigenvalue weighted by Gasteiger charge is 2.44. The molecule has 2 fully saturated rings. The van der Waals surface area contributed by atoms with E-state index in [1.807, 2.05) is 11.8 Å². The SMILES string of the molecule is CC1=C(F)C(N2CCC(C(N)CC(F)F)C2)C(C)c2c1c(=O)[nH]c(=O)n2C1CC1. The maximum absolute atomic E-state index is 15.4. The van der Waals surface area contributed by atoms with Crippen LogP contribution in [-0.4, -0.2) is 46.0 Å². The van der Waals surface area contributed by atoms with Crippen LogP contribution in [0, 0.1) is 5.92 Å². The minimum absolute atomic E-state index is 0.0379. The number of fused-ring (bicyclic) bond motifs is 1. The van der Waals surface area contributed by atoms with Gasteiger partial charge in [-0.05, 0) is 44.2 Å². The first-order valence-corrected chi connectivity index (χ1v) is 10.2. The van der Waals surface area contributed by atoms with Gasteiger partial charge in [-0.1, -0.05) is 6.92 Å². The summed E-state index contributed by atoms with van der Waals surface area (Å²) >= 11 is 0. The second-order valence-electron chi connectivity index (χ2n) is 8.66. The zero-order valence-corrected chi connectivity index (χ0v) is 16.6. The first-order chi connectivity index (χ1) is 13.7. The number of aromatic amines is 1. The van der Waals surface area contributed by atoms with Crippen molar-refractivity contribution >= 4 is 5.57 Å². The third kappa shape index (κ3) is 3.48. The van der Waals surface area contributed by atoms with Gasteiger partial charge in [-0.2, -0.15) is 0 Å². The van der Waals surface area contributed by atoms with Crippen LogP contribution in [0.25, 0.3) is 5.57 Å². The predicted molar refractivity (Wildman–Crippen MR) is 104 cm³/mol. The van der Waals surface area contributed by atoms with Gasteiger partial charge in [0.1, 0.15) is 5.83 Å². The number of likely N-dealkylation sites (tertiary alicyclic amines) is 1. The minimum Gasteiger partial charge on any atom is -0.327 e. The Morgan fingerprint density at radius 3 is 2.55 bits per heavy atom. The Hall–Kier alpha value is -1.87. The van der Waals surface area contributed by atoms with Gasteiger partial charge in [0.2, 0.25) is 6.43 Å². The number of nitrogens with zero attached hydrogens (tertiary/aromatic N) is 2. The molecule has 29 heavy (non-hydrogen) atoms. The fourth-order valence-corrected chi connectivity index (χ4v) is 5.07. The van der Waals surface area contributed by atoms with Gasteiger partial charge >= 0.3 is 5.69 Å². The quantitative estimate of drug-likeness (QED) is 0.778. The Balaban J connectivity index is 1.70. The molecule has 1 aromatic heterocycles. The molecule has 2 heterocycles. The summed E-state index contributed by atoms with van der Waals surface area (Å²) in [6.45, 7) is 4.37. The Morgan fingerprint density at radius 1 is 1.24 bits per heavy atom. The molecule has 1 aliphatic heterocycles. The molecule has 0 aromatic carbocycles. The number of hydrogen-bond acceptors (Lipinski definition) is 4. The van der Waals surface area contributed by atoms with E-state index in [2.05, 4.69) is 4.98 Å². The molecular weight excluding hydrogens is 385 g/mol. The van der Waals surface area contributed by atoms with E-state index in [1.54, 1.807) is 11.5 Å². The van der Waals surface area contributed by atoms with E-state index < -0.39 is 35.7 Å². The molecule has 0 amide bonds. The summed E-state index contributed by atoms with van der Waals surface area (Å²) in [6.07, 6.45) is -0.487. The summed E-state index contributed by atoms with van der Waals surface area (Å²) in [6, 6.07) is -1.22. The summed E-state index contributed by atoms with van der Waals surface area (Å²) in [5, 5.41) is 0. The highest BCUT2D eigenvalue weighted by molar-refractivity contribution is 5.71. The highest BCUT2D eigenvalue weighted by atomic mass is 19.3. The van der Waals surface area contributed by atoms with E-state index >= 15 is 4.39 Å². The van der Waals surface area contributed by atoms with Crippen LogP contribution >= 0.6 is 0 Å². The Labute approximate surface area is 166 Å². The molecule has 4 rings (SSSR count). The molecule has 3 N–H and O–H groups in total. The van der Waals surface area contributed by atoms with Crippen molar-refractivity contribution in [2.45, 2.75) is 70.0 Å². The van der Waals surface area contributed by atoms with Crippen LogP contribution in [0.1, 0.15) is 62.7 Å². The summed E-state index contributed by atoms with van der Waals surface area (Å²) in [4.78, 5) is 29.2. The van der Waals surface area contributed by atoms with Crippen molar-refractivity contribution in [2.75, 3.05) is 13.1 Å². The van der Waals surface area contributed by atoms with Crippen molar-refractivity contribution in [3.8, 4) is 0 Å². The smallest absolute Gasteiger partial charge is 0.327 e. The van der Waals surface area contributed by atoms with Gasteiger partial charge in [0, 0.05) is 36.7 Å². The maximum atomic E-state index is 15.4. The van der Waals surface area contributed by atoms with Gasteiger partial charge in [-0.25, -0.2) is 18.0 Å². The average Bonchev–Trinajstić information content (AvgIpc) is 3.35. The normalized spacial score (nSPS) is 28.9. The second kappa shape index (κ2) is 7.43. The number of alkyl halides is 2. The number of rotatable bonds is 5. The number of nitrogens with one attached hydrogen (secondary N) is 1. The largest absolute Gasteiger partial charge is 0.328 e. The van der Waals surface area contributed by atoms with Crippen LogP contribution in [0.3, 0.4) is 0 Å². The zero-order valence-electron chi connectivity index (χ0n) is 16.6. The molecule has 4 unspecified atom stereocenters. The van der Waals surface area contributed by atoms with Crippen LogP contribution in [0.15, 0.2) is 15.4 Å². The van der Waals surface area contributed by atoms with E-state index in [4.69, 9.17) is 5.73 Å². The number of aromatic nitrogens is 2. The van der Waals surface area contributed by atoms with Gasteiger partial charge < -0.3 is 5.73 Å². The van der Waals surface area contributed by atoms with Crippen LogP contribution < -0.4 is 17.0 Å². The Kier molecular flexibility index (Phi) is 5.23. The number of halogens is 3. The van der Waals surface area contributed by atoms with E-state index in [0.29, 0.717) is 25.2 Å². The lowest BCUT2D eigenvalue weighted by Gasteiger charge is -2.38. The lowest BCUT2D eigenvalue weighted by molar-refractivity contribution is 0.116. The van der Waals surface area contributed by atoms with Crippen molar-refractivity contribution in [3.05, 3.63) is 37.9 Å². The molecule has 1 saturated carbocycles. The number of allylic oxidation sites excluding steroid dienone is 1. The van der Waals surface area contributed by atoms with E-state index in [1.165, 1.54) is 0 Å². The molecule has 160 valence electrons. The number of hydrogen-bond donors (Lipinski definition) is 2. The Morgan fingerprint density at radius 2 is 1.93 bits per heavy atom. The molecular formula is C20H27F3N4O2. The van der Waals surface area contributed by atoms with Crippen molar-refractivity contribution in [2.24, 2.45) is 11.7 Å². The van der Waals surface area contributed by atoms with Crippen molar-refractivity contribution in [1.29, 1.82) is 0 Å². The summed E-state index contributed by atoms with van der Waals surface area (Å²) in [5.41, 5.74) is 6.04. The van der Waals surface area contributed by atoms with Crippen molar-refractivity contribution in [1.82, 2.24) is 14.5 Å². The highest BCUT2D eigenvalue weighted by Crippen LogP contribution is 2.44. The standard InChI is InChI=1S/C20H27F3N4O2/c1-9-15-17(27(12-3-4-12)20(29)25-19(15)28)10(2)18(16(9)23)26-6-5-11(8-26)13(24)7-14(21)22/h10-14,18H,3-8,24H2,1-2H3,(H,25,28,29). The third-order valence-corrected chi connectivity index (χ3v) is 6.70. The van der Waals surface area contributed by atoms with E-state index in [-0.39, 0.29) is 35.3 Å². The second-order valence-corrected chi connectivity index (χ2v) is 8.66. The Bertz CT molecular complexity index is 950. The lowest BCUT2D eigenvalue weighted by atomic mass is 9.83. The van der Waals surface area contributed by atoms with Gasteiger partial charge in [0.25, 0.3) is 5.56 Å². The van der Waals surface area contributed by atoms with Crippen molar-refractivity contribution < 1.29 is 13.2 Å². The van der Waals surface area contributed by atoms with Gasteiger partial charge in [-0.3, -0.25) is 19.2 Å². The van der Waals surface area contributed by atoms with Crippen LogP contribution in [0.2, 0.25) is 0 Å². The minimum atomic E-state index is -2.46. The van der Waals surface area contributed by atoms with Crippen LogP contribution in [0.5, 0.6) is 0 Å². The van der Waals surface area contributed by atoms with Crippen LogP contribution in [-0.2, 0) is 0 Å². The fourth-order valence-electron chi connectivity index (χ4n) is 5.07. The molecule has 4 atom stereocenters. The van der Waals surface area contributed by atoms with Gasteiger partial charge in [0.15, 0.2) is 0 Å². The summed E-state index contributed by atoms with van der Waals surface area (Å²) in [7, 11) is 0. The molecule has 1 aromatic rings. The summed E-state index contributed by atoms with van der Waals surface area (Å²) < 4.78 is 42.5. The first-order valence-electron chi connectivity index (χ1n) is 10.2. The van der Waals surface area contributed by atoms with E-state index in [9.17, 15) is 18.4 Å². The lowest BCUT2D eigenvalue weighted by Crippen LogP contribution is -2.46. The maximum Gasteiger partial charge on any atom is 0.328 e. The number of H-pyrrole nitrogens is 1.